The monoisotopic (exact) mass is 505 g/mol. The predicted octanol–water partition coefficient (Wildman–Crippen LogP) is 4.68. The van der Waals surface area contributed by atoms with Gasteiger partial charge in [-0.1, -0.05) is 6.07 Å². The standard InChI is InChI=1S/C27H29F2N7O/c1-15(37)13-35-9-8-22-17(14-35)6-7-24(32-22)33-27-30-12-21(29)25(34-27)18-10-20(28)26-23(11-18)36(16(2)31-26)19-4-3-5-19/h6-7,10-12,15,19,37H,3-5,8-9,13-14H2,1-2H3,(H,30,32,33,34). The molecule has 192 valence electrons. The highest BCUT2D eigenvalue weighted by atomic mass is 19.1. The fraction of sp³-hybridized carbons (Fsp3) is 0.407. The van der Waals surface area contributed by atoms with Gasteiger partial charge in [0.2, 0.25) is 5.95 Å². The van der Waals surface area contributed by atoms with Crippen LogP contribution in [0, 0.1) is 18.6 Å². The van der Waals surface area contributed by atoms with E-state index in [4.69, 9.17) is 4.98 Å². The van der Waals surface area contributed by atoms with Crippen LogP contribution in [-0.2, 0) is 13.0 Å². The Hall–Kier alpha value is -3.50. The number of aryl methyl sites for hydroxylation is 1. The minimum Gasteiger partial charge on any atom is -0.392 e. The van der Waals surface area contributed by atoms with E-state index >= 15 is 4.39 Å². The van der Waals surface area contributed by atoms with E-state index in [-0.39, 0.29) is 17.7 Å². The second kappa shape index (κ2) is 9.42. The van der Waals surface area contributed by atoms with Gasteiger partial charge in [-0.25, -0.2) is 28.7 Å². The lowest BCUT2D eigenvalue weighted by Crippen LogP contribution is -2.36. The highest BCUT2D eigenvalue weighted by Crippen LogP contribution is 2.37. The molecule has 37 heavy (non-hydrogen) atoms. The van der Waals surface area contributed by atoms with Gasteiger partial charge in [0.25, 0.3) is 0 Å². The third kappa shape index (κ3) is 4.55. The van der Waals surface area contributed by atoms with E-state index in [2.05, 4.69) is 29.7 Å². The maximum atomic E-state index is 15.1. The van der Waals surface area contributed by atoms with E-state index in [1.807, 2.05) is 19.1 Å². The van der Waals surface area contributed by atoms with Crippen LogP contribution in [0.15, 0.2) is 30.5 Å². The van der Waals surface area contributed by atoms with E-state index in [9.17, 15) is 9.50 Å². The van der Waals surface area contributed by atoms with Crippen LogP contribution in [0.25, 0.3) is 22.3 Å². The number of pyridine rings is 1. The van der Waals surface area contributed by atoms with Crippen molar-refractivity contribution in [2.75, 3.05) is 18.4 Å². The molecule has 0 spiro atoms. The van der Waals surface area contributed by atoms with Gasteiger partial charge < -0.3 is 15.0 Å². The number of hydrogen-bond acceptors (Lipinski definition) is 7. The highest BCUT2D eigenvalue weighted by molar-refractivity contribution is 5.83. The maximum Gasteiger partial charge on any atom is 0.229 e. The van der Waals surface area contributed by atoms with E-state index < -0.39 is 11.6 Å². The average molecular weight is 506 g/mol. The summed E-state index contributed by atoms with van der Waals surface area (Å²) in [6, 6.07) is 7.17. The van der Waals surface area contributed by atoms with Crippen LogP contribution in [0.2, 0.25) is 0 Å². The summed E-state index contributed by atoms with van der Waals surface area (Å²) >= 11 is 0. The van der Waals surface area contributed by atoms with Crippen LogP contribution in [0.1, 0.15) is 49.3 Å². The van der Waals surface area contributed by atoms with Gasteiger partial charge in [0, 0.05) is 43.4 Å². The number of halogens is 2. The lowest BCUT2D eigenvalue weighted by Gasteiger charge is -2.29. The quantitative estimate of drug-likeness (QED) is 0.393. The third-order valence-electron chi connectivity index (χ3n) is 7.27. The van der Waals surface area contributed by atoms with E-state index in [1.54, 1.807) is 13.0 Å². The van der Waals surface area contributed by atoms with Gasteiger partial charge in [0.1, 0.15) is 22.9 Å². The Labute approximate surface area is 213 Å². The van der Waals surface area contributed by atoms with Crippen LogP contribution < -0.4 is 5.32 Å². The first-order valence-electron chi connectivity index (χ1n) is 12.7. The van der Waals surface area contributed by atoms with Gasteiger partial charge in [0.15, 0.2) is 11.6 Å². The Kier molecular flexibility index (Phi) is 6.08. The fourth-order valence-corrected chi connectivity index (χ4v) is 5.33. The van der Waals surface area contributed by atoms with Gasteiger partial charge in [-0.05, 0) is 56.9 Å². The molecular formula is C27H29F2N7O. The zero-order valence-corrected chi connectivity index (χ0v) is 20.9. The number of fused-ring (bicyclic) bond motifs is 2. The first-order chi connectivity index (χ1) is 17.9. The summed E-state index contributed by atoms with van der Waals surface area (Å²) in [5.74, 6) is 0.364. The Morgan fingerprint density at radius 1 is 1.14 bits per heavy atom. The molecule has 3 aromatic heterocycles. The van der Waals surface area contributed by atoms with Crippen molar-refractivity contribution in [3.05, 3.63) is 59.2 Å². The molecule has 1 saturated carbocycles. The van der Waals surface area contributed by atoms with Crippen LogP contribution in [0.4, 0.5) is 20.5 Å². The van der Waals surface area contributed by atoms with Crippen LogP contribution in [0.3, 0.4) is 0 Å². The number of β-amino-alcohol motifs (C(OH)–C–C–N with tert-alkyl or cyclic N) is 1. The predicted molar refractivity (Wildman–Crippen MR) is 136 cm³/mol. The molecule has 1 aromatic carbocycles. The highest BCUT2D eigenvalue weighted by Gasteiger charge is 2.25. The molecule has 8 nitrogen and oxygen atoms in total. The second-order valence-corrected chi connectivity index (χ2v) is 10.1. The molecule has 0 saturated heterocycles. The van der Waals surface area contributed by atoms with Gasteiger partial charge in [-0.3, -0.25) is 4.90 Å². The first kappa shape index (κ1) is 23.9. The van der Waals surface area contributed by atoms with Crippen molar-refractivity contribution in [3.63, 3.8) is 0 Å². The van der Waals surface area contributed by atoms with Gasteiger partial charge in [-0.15, -0.1) is 0 Å². The SMILES string of the molecule is Cc1nc2c(F)cc(-c3nc(Nc4ccc5c(n4)CCN(CC(C)O)C5)ncc3F)cc2n1C1CCC1. The van der Waals surface area contributed by atoms with Crippen molar-refractivity contribution in [2.24, 2.45) is 0 Å². The summed E-state index contributed by atoms with van der Waals surface area (Å²) < 4.78 is 32.0. The third-order valence-corrected chi connectivity index (χ3v) is 7.27. The largest absolute Gasteiger partial charge is 0.392 e. The molecule has 1 atom stereocenters. The van der Waals surface area contributed by atoms with Crippen molar-refractivity contribution < 1.29 is 13.9 Å². The molecule has 0 bridgehead atoms. The lowest BCUT2D eigenvalue weighted by atomic mass is 9.92. The fourth-order valence-electron chi connectivity index (χ4n) is 5.33. The minimum atomic E-state index is -0.632. The van der Waals surface area contributed by atoms with Crippen molar-refractivity contribution in [1.82, 2.24) is 29.4 Å². The molecule has 4 heterocycles. The molecule has 1 aliphatic heterocycles. The lowest BCUT2D eigenvalue weighted by molar-refractivity contribution is 0.118. The Morgan fingerprint density at radius 3 is 2.73 bits per heavy atom. The molecule has 4 aromatic rings. The van der Waals surface area contributed by atoms with E-state index in [1.165, 1.54) is 6.07 Å². The maximum absolute atomic E-state index is 15.1. The number of benzene rings is 1. The van der Waals surface area contributed by atoms with Crippen molar-refractivity contribution in [3.8, 4) is 11.3 Å². The number of nitrogens with zero attached hydrogens (tertiary/aromatic N) is 6. The van der Waals surface area contributed by atoms with E-state index in [0.29, 0.717) is 35.0 Å². The zero-order valence-electron chi connectivity index (χ0n) is 20.9. The molecule has 2 aliphatic rings. The summed E-state index contributed by atoms with van der Waals surface area (Å²) in [5, 5.41) is 12.7. The average Bonchev–Trinajstić information content (AvgIpc) is 3.15. The molecule has 10 heteroatoms. The van der Waals surface area contributed by atoms with Gasteiger partial charge in [-0.2, -0.15) is 0 Å². The number of imidazole rings is 1. The van der Waals surface area contributed by atoms with Gasteiger partial charge >= 0.3 is 0 Å². The Morgan fingerprint density at radius 2 is 1.97 bits per heavy atom. The molecule has 2 N–H and O–H groups in total. The summed E-state index contributed by atoms with van der Waals surface area (Å²) in [6.07, 6.45) is 4.67. The van der Waals surface area contributed by atoms with Crippen LogP contribution in [-0.4, -0.2) is 53.7 Å². The molecule has 1 unspecified atom stereocenters. The van der Waals surface area contributed by atoms with Crippen LogP contribution in [0.5, 0.6) is 0 Å². The number of nitrogens with one attached hydrogen (secondary N) is 1. The number of aliphatic hydroxyl groups is 1. The summed E-state index contributed by atoms with van der Waals surface area (Å²) in [4.78, 5) is 19.8. The number of rotatable bonds is 6. The van der Waals surface area contributed by atoms with Gasteiger partial charge in [0.05, 0.1) is 17.8 Å². The molecule has 6 rings (SSSR count). The number of aromatic nitrogens is 5. The van der Waals surface area contributed by atoms with Crippen molar-refractivity contribution in [2.45, 2.75) is 58.2 Å². The molecule has 1 fully saturated rings. The molecule has 0 amide bonds. The van der Waals surface area contributed by atoms with Crippen LogP contribution >= 0.6 is 0 Å². The zero-order chi connectivity index (χ0) is 25.7. The second-order valence-electron chi connectivity index (χ2n) is 10.1. The number of hydrogen-bond donors (Lipinski definition) is 2. The summed E-state index contributed by atoms with van der Waals surface area (Å²) in [5.41, 5.74) is 3.40. The molecular weight excluding hydrogens is 476 g/mol. The van der Waals surface area contributed by atoms with Crippen molar-refractivity contribution >= 4 is 22.8 Å². The smallest absolute Gasteiger partial charge is 0.229 e. The topological polar surface area (TPSA) is 92.0 Å². The van der Waals surface area contributed by atoms with E-state index in [0.717, 1.165) is 62.1 Å². The number of aliphatic hydroxyl groups excluding tert-OH is 1. The molecule has 0 radical (unpaired) electrons. The normalized spacial score (nSPS) is 17.0. The van der Waals surface area contributed by atoms with Crippen molar-refractivity contribution in [1.29, 1.82) is 0 Å². The summed E-state index contributed by atoms with van der Waals surface area (Å²) in [6.45, 7) is 5.83. The molecule has 1 aliphatic carbocycles. The Bertz CT molecular complexity index is 1480. The first-order valence-corrected chi connectivity index (χ1v) is 12.7. The minimum absolute atomic E-state index is 0.0176. The summed E-state index contributed by atoms with van der Waals surface area (Å²) in [7, 11) is 0. The Balaban J connectivity index is 1.29. The number of anilines is 2.